The average Bonchev–Trinajstić information content (AvgIpc) is 3.05. The van der Waals surface area contributed by atoms with Gasteiger partial charge in [0.25, 0.3) is 0 Å². The van der Waals surface area contributed by atoms with Crippen molar-refractivity contribution in [2.45, 2.75) is 19.1 Å². The van der Waals surface area contributed by atoms with Gasteiger partial charge in [-0.05, 0) is 25.6 Å². The lowest BCUT2D eigenvalue weighted by Crippen LogP contribution is -2.48. The van der Waals surface area contributed by atoms with Gasteiger partial charge in [-0.15, -0.1) is 10.2 Å². The monoisotopic (exact) mass is 330 g/mol. The van der Waals surface area contributed by atoms with E-state index in [1.807, 2.05) is 37.4 Å². The summed E-state index contributed by atoms with van der Waals surface area (Å²) in [6.45, 7) is 1.59. The zero-order valence-corrected chi connectivity index (χ0v) is 13.9. The number of benzene rings is 1. The number of aliphatic hydroxyl groups is 1. The molecule has 1 amide bonds. The third kappa shape index (κ3) is 3.63. The number of amides is 1. The second-order valence-corrected chi connectivity index (χ2v) is 6.29. The van der Waals surface area contributed by atoms with Gasteiger partial charge >= 0.3 is 0 Å². The third-order valence-electron chi connectivity index (χ3n) is 4.33. The molecule has 1 aromatic heterocycles. The van der Waals surface area contributed by atoms with Gasteiger partial charge in [0.05, 0.1) is 18.6 Å². The predicted molar refractivity (Wildman–Crippen MR) is 87.8 cm³/mol. The van der Waals surface area contributed by atoms with Gasteiger partial charge in [0.2, 0.25) is 17.7 Å². The van der Waals surface area contributed by atoms with Crippen molar-refractivity contribution in [3.05, 3.63) is 36.2 Å². The molecule has 1 aromatic carbocycles. The molecule has 1 saturated heterocycles. The van der Waals surface area contributed by atoms with Crippen molar-refractivity contribution in [1.82, 2.24) is 20.0 Å². The first kappa shape index (κ1) is 16.6. The van der Waals surface area contributed by atoms with Gasteiger partial charge in [0, 0.05) is 25.7 Å². The van der Waals surface area contributed by atoms with E-state index in [0.29, 0.717) is 24.7 Å². The minimum absolute atomic E-state index is 0.103. The molecule has 7 nitrogen and oxygen atoms in total. The lowest BCUT2D eigenvalue weighted by molar-refractivity contribution is -0.141. The highest BCUT2D eigenvalue weighted by Crippen LogP contribution is 2.20. The quantitative estimate of drug-likeness (QED) is 0.901. The Morgan fingerprint density at radius 2 is 2.12 bits per heavy atom. The summed E-state index contributed by atoms with van der Waals surface area (Å²) in [7, 11) is 3.65. The topological polar surface area (TPSA) is 82.7 Å². The number of carbonyl (C=O) groups excluding carboxylic acids is 1. The Kier molecular flexibility index (Phi) is 4.92. The maximum absolute atomic E-state index is 12.6. The van der Waals surface area contributed by atoms with Gasteiger partial charge < -0.3 is 19.3 Å². The zero-order valence-electron chi connectivity index (χ0n) is 13.9. The summed E-state index contributed by atoms with van der Waals surface area (Å²) < 4.78 is 5.64. The number of rotatable bonds is 4. The van der Waals surface area contributed by atoms with Crippen molar-refractivity contribution in [2.75, 3.05) is 27.2 Å². The summed E-state index contributed by atoms with van der Waals surface area (Å²) in [5, 5.41) is 18.1. The van der Waals surface area contributed by atoms with Crippen molar-refractivity contribution >= 4 is 5.91 Å². The summed E-state index contributed by atoms with van der Waals surface area (Å²) in [6, 6.07) is 9.49. The molecule has 1 aliphatic heterocycles. The first-order valence-electron chi connectivity index (χ1n) is 8.04. The van der Waals surface area contributed by atoms with Crippen molar-refractivity contribution in [3.8, 4) is 11.5 Å². The predicted octanol–water partition coefficient (Wildman–Crippen LogP) is 1.01. The normalized spacial score (nSPS) is 21.6. The van der Waals surface area contributed by atoms with Crippen LogP contribution in [0.2, 0.25) is 0 Å². The van der Waals surface area contributed by atoms with E-state index in [4.69, 9.17) is 4.42 Å². The fraction of sp³-hybridized carbons (Fsp3) is 0.471. The molecule has 1 N–H and O–H groups in total. The van der Waals surface area contributed by atoms with Gasteiger partial charge in [-0.3, -0.25) is 4.79 Å². The van der Waals surface area contributed by atoms with E-state index in [-0.39, 0.29) is 12.5 Å². The Hall–Kier alpha value is -2.25. The van der Waals surface area contributed by atoms with Crippen LogP contribution in [0.25, 0.3) is 11.5 Å². The number of hydrogen-bond donors (Lipinski definition) is 1. The molecule has 0 aliphatic carbocycles. The van der Waals surface area contributed by atoms with E-state index in [0.717, 1.165) is 12.1 Å². The van der Waals surface area contributed by atoms with E-state index >= 15 is 0 Å². The Labute approximate surface area is 140 Å². The van der Waals surface area contributed by atoms with Crippen LogP contribution < -0.4 is 0 Å². The average molecular weight is 330 g/mol. The van der Waals surface area contributed by atoms with Crippen LogP contribution in [0, 0.1) is 5.92 Å². The number of hydrogen-bond acceptors (Lipinski definition) is 6. The fourth-order valence-corrected chi connectivity index (χ4v) is 2.92. The molecule has 128 valence electrons. The van der Waals surface area contributed by atoms with Crippen molar-refractivity contribution in [2.24, 2.45) is 5.92 Å². The largest absolute Gasteiger partial charge is 0.419 e. The molecular formula is C17H22N4O3. The highest BCUT2D eigenvalue weighted by molar-refractivity contribution is 5.79. The second kappa shape index (κ2) is 7.11. The van der Waals surface area contributed by atoms with E-state index in [9.17, 15) is 9.90 Å². The van der Waals surface area contributed by atoms with Crippen molar-refractivity contribution < 1.29 is 14.3 Å². The first-order valence-corrected chi connectivity index (χ1v) is 8.04. The third-order valence-corrected chi connectivity index (χ3v) is 4.33. The number of piperidine rings is 1. The van der Waals surface area contributed by atoms with Gasteiger partial charge in [-0.25, -0.2) is 0 Å². The molecule has 0 saturated carbocycles. The van der Waals surface area contributed by atoms with E-state index in [1.54, 1.807) is 7.05 Å². The molecule has 0 spiro atoms. The van der Waals surface area contributed by atoms with Crippen LogP contribution in [0.3, 0.4) is 0 Å². The lowest BCUT2D eigenvalue weighted by atomic mass is 9.94. The van der Waals surface area contributed by atoms with Crippen LogP contribution in [0.15, 0.2) is 34.7 Å². The molecule has 2 heterocycles. The Bertz CT molecular complexity index is 688. The van der Waals surface area contributed by atoms with Crippen LogP contribution in [0.5, 0.6) is 0 Å². The molecule has 2 aromatic rings. The Morgan fingerprint density at radius 3 is 2.88 bits per heavy atom. The number of carbonyl (C=O) groups is 1. The van der Waals surface area contributed by atoms with Crippen LogP contribution >= 0.6 is 0 Å². The number of aromatic nitrogens is 2. The molecule has 1 aliphatic rings. The minimum atomic E-state index is -0.598. The Morgan fingerprint density at radius 1 is 1.38 bits per heavy atom. The Balaban J connectivity index is 1.65. The van der Waals surface area contributed by atoms with E-state index in [1.165, 1.54) is 4.90 Å². The molecular weight excluding hydrogens is 308 g/mol. The molecule has 0 unspecified atom stereocenters. The summed E-state index contributed by atoms with van der Waals surface area (Å²) >= 11 is 0. The van der Waals surface area contributed by atoms with Crippen LogP contribution in [0.4, 0.5) is 0 Å². The van der Waals surface area contributed by atoms with E-state index < -0.39 is 12.0 Å². The summed E-state index contributed by atoms with van der Waals surface area (Å²) in [6.07, 6.45) is 0.0122. The maximum atomic E-state index is 12.6. The SMILES string of the molecule is CN1CC[C@H](O)[C@H](C(=O)N(C)Cc2nnc(-c3ccccc3)o2)C1. The summed E-state index contributed by atoms with van der Waals surface area (Å²) in [5.41, 5.74) is 0.842. The molecule has 0 bridgehead atoms. The zero-order chi connectivity index (χ0) is 17.1. The molecule has 24 heavy (non-hydrogen) atoms. The molecule has 0 radical (unpaired) electrons. The lowest BCUT2D eigenvalue weighted by Gasteiger charge is -2.34. The highest BCUT2D eigenvalue weighted by atomic mass is 16.4. The number of nitrogens with zero attached hydrogens (tertiary/aromatic N) is 4. The van der Waals surface area contributed by atoms with Crippen LogP contribution in [-0.4, -0.2) is 64.3 Å². The van der Waals surface area contributed by atoms with Crippen LogP contribution in [-0.2, 0) is 11.3 Å². The highest BCUT2D eigenvalue weighted by Gasteiger charge is 2.34. The van der Waals surface area contributed by atoms with Gasteiger partial charge in [-0.1, -0.05) is 18.2 Å². The maximum Gasteiger partial charge on any atom is 0.247 e. The first-order chi connectivity index (χ1) is 11.5. The van der Waals surface area contributed by atoms with Crippen molar-refractivity contribution in [1.29, 1.82) is 0 Å². The van der Waals surface area contributed by atoms with Crippen molar-refractivity contribution in [3.63, 3.8) is 0 Å². The minimum Gasteiger partial charge on any atom is -0.419 e. The van der Waals surface area contributed by atoms with Gasteiger partial charge in [-0.2, -0.15) is 0 Å². The fourth-order valence-electron chi connectivity index (χ4n) is 2.92. The molecule has 1 fully saturated rings. The van der Waals surface area contributed by atoms with Gasteiger partial charge in [0.15, 0.2) is 0 Å². The van der Waals surface area contributed by atoms with E-state index in [2.05, 4.69) is 15.1 Å². The second-order valence-electron chi connectivity index (χ2n) is 6.29. The number of aliphatic hydroxyl groups excluding tert-OH is 1. The standard InChI is InChI=1S/C17H22N4O3/c1-20-9-8-14(22)13(10-20)17(23)21(2)11-15-18-19-16(24-15)12-6-4-3-5-7-12/h3-7,13-14,22H,8-11H2,1-2H3/t13-,14+/m1/s1. The summed E-state index contributed by atoms with van der Waals surface area (Å²) in [5.74, 6) is 0.297. The van der Waals surface area contributed by atoms with Crippen LogP contribution in [0.1, 0.15) is 12.3 Å². The number of likely N-dealkylation sites (tertiary alicyclic amines) is 1. The van der Waals surface area contributed by atoms with Gasteiger partial charge in [0.1, 0.15) is 0 Å². The summed E-state index contributed by atoms with van der Waals surface area (Å²) in [4.78, 5) is 16.2. The molecule has 2 atom stereocenters. The smallest absolute Gasteiger partial charge is 0.247 e. The molecule has 7 heteroatoms. The molecule has 3 rings (SSSR count).